The standard InChI is InChI=1S/C16H20N2S/c1-10-6-11(2)15(12(3)7-10)16-18-9-14(19-16)8-17-13-4-5-13/h6-7,9,13,17H,4-5,8H2,1-3H3. The minimum atomic E-state index is 0.758. The Morgan fingerprint density at radius 1 is 1.21 bits per heavy atom. The summed E-state index contributed by atoms with van der Waals surface area (Å²) in [5.74, 6) is 0. The Hall–Kier alpha value is -1.19. The number of aromatic nitrogens is 1. The molecule has 1 heterocycles. The highest BCUT2D eigenvalue weighted by molar-refractivity contribution is 7.15. The zero-order valence-electron chi connectivity index (χ0n) is 11.8. The number of thiazole rings is 1. The van der Waals surface area contributed by atoms with Gasteiger partial charge in [-0.3, -0.25) is 0 Å². The number of rotatable bonds is 4. The third-order valence-electron chi connectivity index (χ3n) is 3.59. The second kappa shape index (κ2) is 5.06. The van der Waals surface area contributed by atoms with Gasteiger partial charge in [0.25, 0.3) is 0 Å². The summed E-state index contributed by atoms with van der Waals surface area (Å²) in [6, 6.07) is 5.24. The van der Waals surface area contributed by atoms with E-state index in [0.717, 1.165) is 17.6 Å². The third kappa shape index (κ3) is 2.88. The topological polar surface area (TPSA) is 24.9 Å². The lowest BCUT2D eigenvalue weighted by atomic mass is 10.0. The smallest absolute Gasteiger partial charge is 0.124 e. The molecule has 1 aromatic heterocycles. The van der Waals surface area contributed by atoms with Crippen LogP contribution in [0.3, 0.4) is 0 Å². The van der Waals surface area contributed by atoms with Gasteiger partial charge in [-0.15, -0.1) is 11.3 Å². The highest BCUT2D eigenvalue weighted by Crippen LogP contribution is 2.32. The van der Waals surface area contributed by atoms with Gasteiger partial charge in [0.2, 0.25) is 0 Å². The van der Waals surface area contributed by atoms with E-state index in [-0.39, 0.29) is 0 Å². The van der Waals surface area contributed by atoms with Gasteiger partial charge in [0.15, 0.2) is 0 Å². The summed E-state index contributed by atoms with van der Waals surface area (Å²) < 4.78 is 0. The van der Waals surface area contributed by atoms with E-state index in [2.05, 4.69) is 43.2 Å². The molecule has 0 spiro atoms. The molecule has 3 heteroatoms. The van der Waals surface area contributed by atoms with Crippen LogP contribution >= 0.6 is 11.3 Å². The number of hydrogen-bond donors (Lipinski definition) is 1. The monoisotopic (exact) mass is 272 g/mol. The van der Waals surface area contributed by atoms with Crippen LogP contribution in [0.5, 0.6) is 0 Å². The average Bonchev–Trinajstić information content (AvgIpc) is 3.05. The number of benzene rings is 1. The van der Waals surface area contributed by atoms with E-state index in [0.29, 0.717) is 0 Å². The molecule has 19 heavy (non-hydrogen) atoms. The summed E-state index contributed by atoms with van der Waals surface area (Å²) in [6.45, 7) is 7.47. The summed E-state index contributed by atoms with van der Waals surface area (Å²) >= 11 is 1.82. The van der Waals surface area contributed by atoms with Crippen molar-refractivity contribution in [3.63, 3.8) is 0 Å². The van der Waals surface area contributed by atoms with Gasteiger partial charge in [-0.1, -0.05) is 17.7 Å². The van der Waals surface area contributed by atoms with E-state index in [1.165, 1.54) is 40.0 Å². The molecule has 1 aliphatic carbocycles. The van der Waals surface area contributed by atoms with Crippen molar-refractivity contribution >= 4 is 11.3 Å². The zero-order valence-corrected chi connectivity index (χ0v) is 12.6. The first-order chi connectivity index (χ1) is 9.13. The van der Waals surface area contributed by atoms with Crippen LogP contribution in [0, 0.1) is 20.8 Å². The molecular weight excluding hydrogens is 252 g/mol. The van der Waals surface area contributed by atoms with E-state index in [9.17, 15) is 0 Å². The van der Waals surface area contributed by atoms with Crippen LogP contribution in [0.25, 0.3) is 10.6 Å². The fourth-order valence-electron chi connectivity index (χ4n) is 2.55. The Kier molecular flexibility index (Phi) is 3.42. The van der Waals surface area contributed by atoms with Gasteiger partial charge in [-0.25, -0.2) is 4.98 Å². The van der Waals surface area contributed by atoms with Crippen molar-refractivity contribution in [3.05, 3.63) is 39.9 Å². The first-order valence-electron chi connectivity index (χ1n) is 6.90. The molecule has 0 saturated heterocycles. The van der Waals surface area contributed by atoms with Crippen molar-refractivity contribution in [2.24, 2.45) is 0 Å². The lowest BCUT2D eigenvalue weighted by Crippen LogP contribution is -2.14. The predicted molar refractivity (Wildman–Crippen MR) is 81.6 cm³/mol. The Morgan fingerprint density at radius 3 is 2.53 bits per heavy atom. The summed E-state index contributed by atoms with van der Waals surface area (Å²) in [6.07, 6.45) is 4.69. The largest absolute Gasteiger partial charge is 0.309 e. The molecule has 0 aliphatic heterocycles. The second-order valence-electron chi connectivity index (χ2n) is 5.56. The molecule has 0 atom stereocenters. The molecule has 0 unspecified atom stereocenters. The van der Waals surface area contributed by atoms with Gasteiger partial charge in [-0.2, -0.15) is 0 Å². The Labute approximate surface area is 118 Å². The van der Waals surface area contributed by atoms with Crippen molar-refractivity contribution < 1.29 is 0 Å². The Morgan fingerprint density at radius 2 is 1.89 bits per heavy atom. The van der Waals surface area contributed by atoms with Crippen molar-refractivity contribution in [2.75, 3.05) is 0 Å². The maximum Gasteiger partial charge on any atom is 0.124 e. The van der Waals surface area contributed by atoms with Crippen LogP contribution in [0.4, 0.5) is 0 Å². The van der Waals surface area contributed by atoms with Gasteiger partial charge in [-0.05, 0) is 44.7 Å². The number of nitrogens with one attached hydrogen (secondary N) is 1. The number of hydrogen-bond acceptors (Lipinski definition) is 3. The highest BCUT2D eigenvalue weighted by Gasteiger charge is 2.20. The van der Waals surface area contributed by atoms with Crippen LogP contribution in [-0.2, 0) is 6.54 Å². The minimum absolute atomic E-state index is 0.758. The van der Waals surface area contributed by atoms with Crippen LogP contribution in [0.15, 0.2) is 18.3 Å². The molecule has 2 aromatic rings. The SMILES string of the molecule is Cc1cc(C)c(-c2ncc(CNC3CC3)s2)c(C)c1. The molecule has 0 bridgehead atoms. The van der Waals surface area contributed by atoms with Gasteiger partial charge >= 0.3 is 0 Å². The maximum absolute atomic E-state index is 4.61. The zero-order chi connectivity index (χ0) is 13.4. The summed E-state index contributed by atoms with van der Waals surface area (Å²) in [4.78, 5) is 5.95. The molecule has 1 N–H and O–H groups in total. The highest BCUT2D eigenvalue weighted by atomic mass is 32.1. The second-order valence-corrected chi connectivity index (χ2v) is 6.68. The van der Waals surface area contributed by atoms with Gasteiger partial charge < -0.3 is 5.32 Å². The molecule has 1 aliphatic rings. The van der Waals surface area contributed by atoms with Crippen molar-refractivity contribution in [1.29, 1.82) is 0 Å². The van der Waals surface area contributed by atoms with Crippen molar-refractivity contribution in [1.82, 2.24) is 10.3 Å². The third-order valence-corrected chi connectivity index (χ3v) is 4.60. The first-order valence-corrected chi connectivity index (χ1v) is 7.71. The quantitative estimate of drug-likeness (QED) is 0.910. The van der Waals surface area contributed by atoms with Crippen LogP contribution in [-0.4, -0.2) is 11.0 Å². The molecule has 1 aromatic carbocycles. The Balaban J connectivity index is 1.85. The molecule has 0 radical (unpaired) electrons. The van der Waals surface area contributed by atoms with Gasteiger partial charge in [0.05, 0.1) is 0 Å². The summed E-state index contributed by atoms with van der Waals surface area (Å²) in [5.41, 5.74) is 5.29. The maximum atomic E-state index is 4.61. The van der Waals surface area contributed by atoms with Crippen molar-refractivity contribution in [3.8, 4) is 10.6 Å². The minimum Gasteiger partial charge on any atom is -0.309 e. The number of nitrogens with zero attached hydrogens (tertiary/aromatic N) is 1. The van der Waals surface area contributed by atoms with Crippen LogP contribution in [0.2, 0.25) is 0 Å². The van der Waals surface area contributed by atoms with Crippen LogP contribution in [0.1, 0.15) is 34.4 Å². The predicted octanol–water partition coefficient (Wildman–Crippen LogP) is 3.99. The number of aryl methyl sites for hydroxylation is 3. The van der Waals surface area contributed by atoms with Gasteiger partial charge in [0, 0.05) is 29.2 Å². The van der Waals surface area contributed by atoms with E-state index < -0.39 is 0 Å². The van der Waals surface area contributed by atoms with E-state index >= 15 is 0 Å². The first kappa shape index (κ1) is 12.8. The molecule has 2 nitrogen and oxygen atoms in total. The fourth-order valence-corrected chi connectivity index (χ4v) is 3.59. The molecular formula is C16H20N2S. The lowest BCUT2D eigenvalue weighted by molar-refractivity contribution is 0.694. The summed E-state index contributed by atoms with van der Waals surface area (Å²) in [5, 5.41) is 4.70. The molecule has 0 amide bonds. The van der Waals surface area contributed by atoms with E-state index in [4.69, 9.17) is 0 Å². The molecule has 3 rings (SSSR count). The normalized spacial score (nSPS) is 14.9. The van der Waals surface area contributed by atoms with Gasteiger partial charge in [0.1, 0.15) is 5.01 Å². The molecule has 1 fully saturated rings. The summed E-state index contributed by atoms with van der Waals surface area (Å²) in [7, 11) is 0. The lowest BCUT2D eigenvalue weighted by Gasteiger charge is -2.08. The fraction of sp³-hybridized carbons (Fsp3) is 0.438. The Bertz CT molecular complexity index is 574. The van der Waals surface area contributed by atoms with Crippen LogP contribution < -0.4 is 5.32 Å². The van der Waals surface area contributed by atoms with E-state index in [1.54, 1.807) is 0 Å². The average molecular weight is 272 g/mol. The molecule has 100 valence electrons. The van der Waals surface area contributed by atoms with E-state index in [1.807, 2.05) is 17.5 Å². The van der Waals surface area contributed by atoms with Crippen molar-refractivity contribution in [2.45, 2.75) is 46.2 Å². The molecule has 1 saturated carbocycles.